The zero-order valence-electron chi connectivity index (χ0n) is 41.4. The van der Waals surface area contributed by atoms with Crippen molar-refractivity contribution in [3.63, 3.8) is 0 Å². The second-order valence-electron chi connectivity index (χ2n) is 24.5. The average Bonchev–Trinajstić information content (AvgIpc) is 3.84. The first-order chi connectivity index (χ1) is 30.0. The van der Waals surface area contributed by atoms with Crippen LogP contribution in [0, 0.1) is 5.41 Å². The molecule has 1 saturated heterocycles. The molecule has 1 fully saturated rings. The van der Waals surface area contributed by atoms with Gasteiger partial charge in [0.15, 0.2) is 0 Å². The van der Waals surface area contributed by atoms with Gasteiger partial charge in [0.25, 0.3) is 0 Å². The first kappa shape index (κ1) is 44.9. The molecular formula is C63H72Hf. The van der Waals surface area contributed by atoms with Crippen molar-refractivity contribution in [2.24, 2.45) is 5.41 Å². The molecule has 0 N–H and O–H groups in total. The van der Waals surface area contributed by atoms with E-state index in [4.69, 9.17) is 0 Å². The van der Waals surface area contributed by atoms with Crippen molar-refractivity contribution < 1.29 is 20.0 Å². The van der Waals surface area contributed by atoms with E-state index in [2.05, 4.69) is 238 Å². The van der Waals surface area contributed by atoms with Crippen LogP contribution < -0.4 is 0 Å². The maximum absolute atomic E-state index is 3.49. The van der Waals surface area contributed by atoms with Gasteiger partial charge in [-0.15, -0.1) is 0 Å². The summed E-state index contributed by atoms with van der Waals surface area (Å²) in [7, 11) is 0. The van der Waals surface area contributed by atoms with E-state index in [0.29, 0.717) is 7.35 Å². The van der Waals surface area contributed by atoms with Crippen molar-refractivity contribution >= 4 is 12.2 Å². The molecule has 0 saturated carbocycles. The molecular weight excluding hydrogens is 935 g/mol. The molecule has 0 spiro atoms. The fourth-order valence-electron chi connectivity index (χ4n) is 11.7. The fourth-order valence-corrected chi connectivity index (χ4v) is 28.8. The van der Waals surface area contributed by atoms with Crippen LogP contribution in [0.1, 0.15) is 146 Å². The van der Waals surface area contributed by atoms with Crippen molar-refractivity contribution in [3.05, 3.63) is 200 Å². The maximum atomic E-state index is 2.82. The van der Waals surface area contributed by atoms with Gasteiger partial charge in [-0.2, -0.15) is 0 Å². The number of fused-ring (bicyclic) bond motifs is 6. The second-order valence-corrected chi connectivity index (χ2v) is 41.7. The number of hydrogen-bond donors (Lipinski definition) is 0. The summed E-state index contributed by atoms with van der Waals surface area (Å²) >= 11 is -3.49. The molecule has 2 unspecified atom stereocenters. The van der Waals surface area contributed by atoms with E-state index < -0.39 is 20.0 Å². The van der Waals surface area contributed by atoms with Crippen LogP contribution in [-0.2, 0) is 54.5 Å². The number of benzene rings is 6. The second kappa shape index (κ2) is 15.6. The molecule has 0 radical (unpaired) electrons. The Bertz CT molecular complexity index is 2560. The minimum atomic E-state index is -3.49. The van der Waals surface area contributed by atoms with Crippen LogP contribution >= 0.6 is 0 Å². The molecule has 1 aliphatic heterocycles. The first-order valence-corrected chi connectivity index (χ1v) is 35.4. The van der Waals surface area contributed by atoms with E-state index in [9.17, 15) is 0 Å². The van der Waals surface area contributed by atoms with E-state index in [1.807, 2.05) is 0 Å². The monoisotopic (exact) mass is 1010 g/mol. The predicted octanol–water partition coefficient (Wildman–Crippen LogP) is 17.5. The van der Waals surface area contributed by atoms with Crippen molar-refractivity contribution in [3.8, 4) is 22.3 Å². The first-order valence-electron chi connectivity index (χ1n) is 24.1. The molecule has 328 valence electrons. The Morgan fingerprint density at radius 1 is 0.406 bits per heavy atom. The molecule has 3 aliphatic rings. The van der Waals surface area contributed by atoms with Crippen LogP contribution in [0.5, 0.6) is 0 Å². The Morgan fingerprint density at radius 2 is 0.734 bits per heavy atom. The van der Waals surface area contributed by atoms with Crippen LogP contribution in [0.25, 0.3) is 34.4 Å². The molecule has 0 amide bonds. The molecule has 0 bridgehead atoms. The summed E-state index contributed by atoms with van der Waals surface area (Å²) in [6, 6.07) is 52.7. The Labute approximate surface area is 391 Å². The van der Waals surface area contributed by atoms with Gasteiger partial charge in [-0.25, -0.2) is 0 Å². The van der Waals surface area contributed by atoms with E-state index >= 15 is 0 Å². The summed E-state index contributed by atoms with van der Waals surface area (Å²) in [4.78, 5) is 0. The standard InChI is InChI=1S/C61H66.2CH3.Hf/c1-57(2,3)47-31-45(32-48(35-47)58(4,5)6)53-27-19-25-43-29-51(37-55(43)53)61(39-41-21-15-13-16-22-41,40-42-23-17-14-18-24-42)52-30-44-26-20-28-54(56(44)38-52)46-33-49(59(7,8)9)36-50(34-46)60(10,11)12;;;/h13-38H,39-40H2,1-12H3;2*1H3;. The number of rotatable bonds is 6. The zero-order chi connectivity index (χ0) is 45.8. The molecule has 0 aromatic heterocycles. The topological polar surface area (TPSA) is 0 Å². The van der Waals surface area contributed by atoms with E-state index in [1.165, 1.54) is 66.8 Å². The van der Waals surface area contributed by atoms with Gasteiger partial charge < -0.3 is 0 Å². The van der Waals surface area contributed by atoms with Gasteiger partial charge in [-0.1, -0.05) is 0 Å². The van der Waals surface area contributed by atoms with Crippen LogP contribution in [0.2, 0.25) is 9.36 Å². The summed E-state index contributed by atoms with van der Waals surface area (Å²) in [5.41, 5.74) is 23.4. The zero-order valence-corrected chi connectivity index (χ0v) is 45.0. The van der Waals surface area contributed by atoms with Crippen LogP contribution in [0.4, 0.5) is 0 Å². The third kappa shape index (κ3) is 7.84. The molecule has 9 rings (SSSR count). The molecule has 1 heterocycles. The van der Waals surface area contributed by atoms with Crippen molar-refractivity contribution in [2.75, 3.05) is 0 Å². The SMILES string of the molecule is CC(C)(C)c1cc(-c2cccc3c2C=C2[CH]3[Hf]([CH3])([CH3])[CH]3C(=Cc4c(-c5cc(C(C)(C)C)cc(C(C)(C)C)c5)cccc43)C2(Cc2ccccc2)Cc2ccccc2)cc(C(C)(C)C)c1. The molecule has 1 heteroatoms. The third-order valence-electron chi connectivity index (χ3n) is 15.4. The van der Waals surface area contributed by atoms with Gasteiger partial charge in [0.2, 0.25) is 0 Å². The Morgan fingerprint density at radius 3 is 1.05 bits per heavy atom. The van der Waals surface area contributed by atoms with Gasteiger partial charge >= 0.3 is 394 Å². The summed E-state index contributed by atoms with van der Waals surface area (Å²) < 4.78 is 6.55. The number of hydrogen-bond acceptors (Lipinski definition) is 0. The Hall–Kier alpha value is -4.33. The average molecular weight is 1010 g/mol. The van der Waals surface area contributed by atoms with Gasteiger partial charge in [0.1, 0.15) is 0 Å². The van der Waals surface area contributed by atoms with E-state index in [0.717, 1.165) is 12.8 Å². The molecule has 6 aromatic rings. The van der Waals surface area contributed by atoms with Gasteiger partial charge in [0, 0.05) is 0 Å². The molecule has 0 nitrogen and oxygen atoms in total. The van der Waals surface area contributed by atoms with Gasteiger partial charge in [0.05, 0.1) is 0 Å². The normalized spacial score (nSPS) is 18.7. The summed E-state index contributed by atoms with van der Waals surface area (Å²) in [6.45, 7) is 28.4. The van der Waals surface area contributed by atoms with Crippen LogP contribution in [-0.4, -0.2) is 0 Å². The molecule has 6 aromatic carbocycles. The quantitative estimate of drug-likeness (QED) is 0.146. The summed E-state index contributed by atoms with van der Waals surface area (Å²) in [5, 5.41) is 0. The van der Waals surface area contributed by atoms with Crippen molar-refractivity contribution in [2.45, 2.75) is 134 Å². The molecule has 2 aliphatic carbocycles. The van der Waals surface area contributed by atoms with Crippen molar-refractivity contribution in [1.82, 2.24) is 0 Å². The molecule has 64 heavy (non-hydrogen) atoms. The Balaban J connectivity index is 1.34. The third-order valence-corrected chi connectivity index (χ3v) is 30.5. The van der Waals surface area contributed by atoms with Crippen LogP contribution in [0.15, 0.2) is 145 Å². The Kier molecular flexibility index (Phi) is 11.0. The molecule has 2 atom stereocenters. The van der Waals surface area contributed by atoms with Gasteiger partial charge in [-0.3, -0.25) is 0 Å². The number of allylic oxidation sites excluding steroid dienone is 2. The van der Waals surface area contributed by atoms with Gasteiger partial charge in [-0.05, 0) is 0 Å². The summed E-state index contributed by atoms with van der Waals surface area (Å²) in [6.07, 6.45) is 7.47. The summed E-state index contributed by atoms with van der Waals surface area (Å²) in [5.74, 6) is 0. The minimum absolute atomic E-state index is 0.0402. The van der Waals surface area contributed by atoms with E-state index in [1.54, 1.807) is 22.3 Å². The van der Waals surface area contributed by atoms with E-state index in [-0.39, 0.29) is 27.1 Å². The van der Waals surface area contributed by atoms with Crippen LogP contribution in [0.3, 0.4) is 0 Å². The van der Waals surface area contributed by atoms with Crippen molar-refractivity contribution in [1.29, 1.82) is 0 Å². The predicted molar refractivity (Wildman–Crippen MR) is 274 cm³/mol. The fraction of sp³-hybridized carbons (Fsp3) is 0.365.